The molecule has 1 N–H and O–H groups in total. The predicted octanol–water partition coefficient (Wildman–Crippen LogP) is 2.54. The molecule has 0 saturated carbocycles. The Balaban J connectivity index is 2.47. The molecule has 0 radical (unpaired) electrons. The number of nitrogens with zero attached hydrogens (tertiary/aromatic N) is 1. The number of aliphatic hydroxyl groups is 1. The Hall–Kier alpha value is -1.74. The van der Waals surface area contributed by atoms with Gasteiger partial charge in [-0.05, 0) is 29.8 Å². The lowest BCUT2D eigenvalue weighted by Crippen LogP contribution is -1.83. The maximum Gasteiger partial charge on any atom is 0.126 e. The number of aliphatic hydroxyl groups excluding tert-OH is 1. The highest BCUT2D eigenvalue weighted by Gasteiger charge is 1.96. The van der Waals surface area contributed by atoms with Crippen LogP contribution in [0, 0.1) is 0 Å². The summed E-state index contributed by atoms with van der Waals surface area (Å²) in [4.78, 5) is 4.16. The van der Waals surface area contributed by atoms with Crippen LogP contribution in [0.25, 0.3) is 17.0 Å². The third-order valence-corrected chi connectivity index (χ3v) is 2.10. The summed E-state index contributed by atoms with van der Waals surface area (Å²) in [6.45, 7) is -0.564. The minimum Gasteiger partial charge on any atom is -0.389 e. The Kier molecular flexibility index (Phi) is 2.74. The number of benzene rings is 1. The number of aromatic nitrogens is 1. The van der Waals surface area contributed by atoms with E-state index in [1.807, 2.05) is 24.3 Å². The van der Waals surface area contributed by atoms with Crippen LogP contribution in [0.4, 0.5) is 4.39 Å². The maximum absolute atomic E-state index is 12.8. The molecule has 0 aliphatic carbocycles. The minimum atomic E-state index is -0.564. The zero-order valence-electron chi connectivity index (χ0n) is 8.02. The van der Waals surface area contributed by atoms with Gasteiger partial charge in [-0.3, -0.25) is 4.98 Å². The maximum atomic E-state index is 12.8. The Morgan fingerprint density at radius 2 is 2.27 bits per heavy atom. The fourth-order valence-corrected chi connectivity index (χ4v) is 1.41. The highest BCUT2D eigenvalue weighted by atomic mass is 19.1. The number of halogens is 1. The third kappa shape index (κ3) is 2.19. The summed E-state index contributed by atoms with van der Waals surface area (Å²) in [6.07, 6.45) is 3.03. The van der Waals surface area contributed by atoms with Crippen LogP contribution in [0.3, 0.4) is 0 Å². The van der Waals surface area contributed by atoms with E-state index in [0.29, 0.717) is 0 Å². The molecule has 0 aliphatic rings. The average Bonchev–Trinajstić information content (AvgIpc) is 2.29. The third-order valence-electron chi connectivity index (χ3n) is 2.10. The van der Waals surface area contributed by atoms with Gasteiger partial charge in [0.05, 0.1) is 12.1 Å². The van der Waals surface area contributed by atoms with Crippen molar-refractivity contribution in [3.8, 4) is 0 Å². The molecule has 15 heavy (non-hydrogen) atoms. The molecular weight excluding hydrogens is 193 g/mol. The highest BCUT2D eigenvalue weighted by Crippen LogP contribution is 2.15. The van der Waals surface area contributed by atoms with E-state index in [1.54, 1.807) is 12.3 Å². The number of fused-ring (bicyclic) bond motifs is 1. The summed E-state index contributed by atoms with van der Waals surface area (Å²) in [6, 6.07) is 9.17. The number of pyridine rings is 1. The Morgan fingerprint density at radius 1 is 1.40 bits per heavy atom. The molecule has 0 spiro atoms. The lowest BCUT2D eigenvalue weighted by molar-refractivity contribution is 0.300. The second-order valence-electron chi connectivity index (χ2n) is 3.20. The summed E-state index contributed by atoms with van der Waals surface area (Å²) in [7, 11) is 0. The van der Waals surface area contributed by atoms with Crippen molar-refractivity contribution in [2.45, 2.75) is 0 Å². The van der Waals surface area contributed by atoms with Crippen molar-refractivity contribution in [2.75, 3.05) is 6.61 Å². The molecule has 2 rings (SSSR count). The molecular formula is C12H10FNO. The van der Waals surface area contributed by atoms with Gasteiger partial charge in [0.2, 0.25) is 0 Å². The van der Waals surface area contributed by atoms with Crippen LogP contribution in [0.15, 0.2) is 42.4 Å². The van der Waals surface area contributed by atoms with E-state index in [0.717, 1.165) is 16.5 Å². The van der Waals surface area contributed by atoms with Gasteiger partial charge in [0.15, 0.2) is 0 Å². The summed E-state index contributed by atoms with van der Waals surface area (Å²) < 4.78 is 12.8. The van der Waals surface area contributed by atoms with Gasteiger partial charge < -0.3 is 5.11 Å². The smallest absolute Gasteiger partial charge is 0.126 e. The van der Waals surface area contributed by atoms with Gasteiger partial charge in [-0.1, -0.05) is 12.1 Å². The van der Waals surface area contributed by atoms with E-state index in [9.17, 15) is 4.39 Å². The fraction of sp³-hybridized carbons (Fsp3) is 0.0833. The highest BCUT2D eigenvalue weighted by molar-refractivity contribution is 5.81. The minimum absolute atomic E-state index is 0.543. The van der Waals surface area contributed by atoms with E-state index in [4.69, 9.17) is 5.11 Å². The normalized spacial score (nSPS) is 12.0. The van der Waals surface area contributed by atoms with Crippen LogP contribution in [-0.2, 0) is 0 Å². The Bertz CT molecular complexity index is 508. The second kappa shape index (κ2) is 4.19. The second-order valence-corrected chi connectivity index (χ2v) is 3.20. The van der Waals surface area contributed by atoms with E-state index < -0.39 is 12.4 Å². The molecule has 1 aromatic carbocycles. The standard InChI is InChI=1S/C12H10FNO/c13-11(8-15)7-9-3-4-12-10(6-9)2-1-5-14-12/h1-7,15H,8H2/b11-7-. The fourth-order valence-electron chi connectivity index (χ4n) is 1.41. The van der Waals surface area contributed by atoms with Crippen molar-refractivity contribution >= 4 is 17.0 Å². The van der Waals surface area contributed by atoms with Crippen LogP contribution in [0.1, 0.15) is 5.56 Å². The average molecular weight is 203 g/mol. The Morgan fingerprint density at radius 3 is 3.07 bits per heavy atom. The van der Waals surface area contributed by atoms with Crippen LogP contribution in [0.2, 0.25) is 0 Å². The zero-order chi connectivity index (χ0) is 10.7. The van der Waals surface area contributed by atoms with Crippen LogP contribution in [0.5, 0.6) is 0 Å². The summed E-state index contributed by atoms with van der Waals surface area (Å²) in [5.74, 6) is -0.543. The summed E-state index contributed by atoms with van der Waals surface area (Å²) >= 11 is 0. The molecule has 0 fully saturated rings. The van der Waals surface area contributed by atoms with Gasteiger partial charge in [0, 0.05) is 11.6 Å². The van der Waals surface area contributed by atoms with Crippen molar-refractivity contribution < 1.29 is 9.50 Å². The van der Waals surface area contributed by atoms with Crippen LogP contribution in [-0.4, -0.2) is 16.7 Å². The topological polar surface area (TPSA) is 33.1 Å². The lowest BCUT2D eigenvalue weighted by atomic mass is 10.1. The lowest BCUT2D eigenvalue weighted by Gasteiger charge is -1.98. The molecule has 0 saturated heterocycles. The van der Waals surface area contributed by atoms with Gasteiger partial charge in [0.1, 0.15) is 5.83 Å². The number of rotatable bonds is 2. The van der Waals surface area contributed by atoms with Crippen LogP contribution < -0.4 is 0 Å². The molecule has 2 aromatic rings. The molecule has 0 atom stereocenters. The van der Waals surface area contributed by atoms with Crippen molar-refractivity contribution in [3.05, 3.63) is 47.9 Å². The van der Waals surface area contributed by atoms with Crippen molar-refractivity contribution in [3.63, 3.8) is 0 Å². The molecule has 0 bridgehead atoms. The van der Waals surface area contributed by atoms with Crippen molar-refractivity contribution in [1.82, 2.24) is 4.98 Å². The first-order valence-corrected chi connectivity index (χ1v) is 4.61. The van der Waals surface area contributed by atoms with E-state index in [1.165, 1.54) is 6.08 Å². The van der Waals surface area contributed by atoms with E-state index in [-0.39, 0.29) is 0 Å². The van der Waals surface area contributed by atoms with Gasteiger partial charge in [-0.15, -0.1) is 0 Å². The molecule has 0 unspecified atom stereocenters. The summed E-state index contributed by atoms with van der Waals surface area (Å²) in [5.41, 5.74) is 1.60. The van der Waals surface area contributed by atoms with Gasteiger partial charge in [-0.2, -0.15) is 0 Å². The molecule has 3 heteroatoms. The van der Waals surface area contributed by atoms with Crippen molar-refractivity contribution in [1.29, 1.82) is 0 Å². The number of hydrogen-bond donors (Lipinski definition) is 1. The first-order chi connectivity index (χ1) is 7.29. The first kappa shape index (κ1) is 9.80. The largest absolute Gasteiger partial charge is 0.389 e. The monoisotopic (exact) mass is 203 g/mol. The molecule has 0 amide bonds. The number of hydrogen-bond acceptors (Lipinski definition) is 2. The van der Waals surface area contributed by atoms with E-state index in [2.05, 4.69) is 4.98 Å². The molecule has 0 aliphatic heterocycles. The Labute approximate surface area is 86.7 Å². The SMILES string of the molecule is OC/C(F)=C/c1ccc2ncccc2c1. The first-order valence-electron chi connectivity index (χ1n) is 4.61. The van der Waals surface area contributed by atoms with Crippen LogP contribution >= 0.6 is 0 Å². The summed E-state index contributed by atoms with van der Waals surface area (Å²) in [5, 5.41) is 9.51. The molecule has 76 valence electrons. The van der Waals surface area contributed by atoms with Gasteiger partial charge in [0.25, 0.3) is 0 Å². The van der Waals surface area contributed by atoms with Crippen molar-refractivity contribution in [2.24, 2.45) is 0 Å². The quantitative estimate of drug-likeness (QED) is 0.813. The van der Waals surface area contributed by atoms with Gasteiger partial charge in [-0.25, -0.2) is 4.39 Å². The van der Waals surface area contributed by atoms with Gasteiger partial charge >= 0.3 is 0 Å². The molecule has 2 nitrogen and oxygen atoms in total. The zero-order valence-corrected chi connectivity index (χ0v) is 8.02. The predicted molar refractivity (Wildman–Crippen MR) is 57.9 cm³/mol. The van der Waals surface area contributed by atoms with E-state index >= 15 is 0 Å². The molecule has 1 heterocycles. The molecule has 1 aromatic heterocycles.